The highest BCUT2D eigenvalue weighted by Gasteiger charge is 2.15. The molecular weight excluding hydrogens is 406 g/mol. The Morgan fingerprint density at radius 2 is 1.67 bits per heavy atom. The van der Waals surface area contributed by atoms with Crippen LogP contribution < -0.4 is 20.1 Å². The van der Waals surface area contributed by atoms with Crippen molar-refractivity contribution in [3.05, 3.63) is 24.3 Å². The van der Waals surface area contributed by atoms with Crippen molar-refractivity contribution in [2.75, 3.05) is 32.8 Å². The monoisotopic (exact) mass is 443 g/mol. The fourth-order valence-electron chi connectivity index (χ4n) is 2.46. The van der Waals surface area contributed by atoms with Crippen LogP contribution in [0.2, 0.25) is 0 Å². The van der Waals surface area contributed by atoms with Gasteiger partial charge in [-0.25, -0.2) is 17.9 Å². The van der Waals surface area contributed by atoms with Gasteiger partial charge in [0.15, 0.2) is 0 Å². The molecular formula is C21H37N3O5S. The highest BCUT2D eigenvalue weighted by molar-refractivity contribution is 7.89. The van der Waals surface area contributed by atoms with Crippen molar-refractivity contribution in [1.82, 2.24) is 15.4 Å². The molecule has 172 valence electrons. The summed E-state index contributed by atoms with van der Waals surface area (Å²) in [5, 5.41) is 5.81. The number of nitrogens with one attached hydrogen (secondary N) is 3. The number of amides is 1. The SMILES string of the molecule is CCCCCOc1ccc(S(=O)(=O)NCCNCCCNC(=O)OC(C)(C)C)cc1. The molecule has 1 amide bonds. The van der Waals surface area contributed by atoms with Crippen LogP contribution in [0.25, 0.3) is 0 Å². The minimum absolute atomic E-state index is 0.213. The van der Waals surface area contributed by atoms with Crippen molar-refractivity contribution < 1.29 is 22.7 Å². The molecule has 0 atom stereocenters. The number of carbonyl (C=O) groups is 1. The number of alkyl carbamates (subject to hydrolysis) is 1. The van der Waals surface area contributed by atoms with Gasteiger partial charge in [0.05, 0.1) is 11.5 Å². The molecule has 0 heterocycles. The van der Waals surface area contributed by atoms with Crippen LogP contribution in [0.15, 0.2) is 29.2 Å². The van der Waals surface area contributed by atoms with Crippen LogP contribution in [0.1, 0.15) is 53.4 Å². The van der Waals surface area contributed by atoms with E-state index in [0.717, 1.165) is 19.3 Å². The Morgan fingerprint density at radius 1 is 0.967 bits per heavy atom. The zero-order chi connectivity index (χ0) is 22.5. The number of ether oxygens (including phenoxy) is 2. The molecule has 9 heteroatoms. The molecule has 3 N–H and O–H groups in total. The number of rotatable bonds is 14. The predicted molar refractivity (Wildman–Crippen MR) is 118 cm³/mol. The molecule has 0 fully saturated rings. The van der Waals surface area contributed by atoms with Gasteiger partial charge in [-0.05, 0) is 64.4 Å². The predicted octanol–water partition coefficient (Wildman–Crippen LogP) is 3.04. The number of hydrogen-bond donors (Lipinski definition) is 3. The van der Waals surface area contributed by atoms with E-state index in [9.17, 15) is 13.2 Å². The van der Waals surface area contributed by atoms with Crippen molar-refractivity contribution in [3.8, 4) is 5.75 Å². The van der Waals surface area contributed by atoms with Gasteiger partial charge in [0.25, 0.3) is 0 Å². The van der Waals surface area contributed by atoms with Crippen LogP contribution in [0.4, 0.5) is 4.79 Å². The fourth-order valence-corrected chi connectivity index (χ4v) is 3.49. The molecule has 30 heavy (non-hydrogen) atoms. The largest absolute Gasteiger partial charge is 0.494 e. The van der Waals surface area contributed by atoms with E-state index in [1.165, 1.54) is 0 Å². The zero-order valence-electron chi connectivity index (χ0n) is 18.6. The van der Waals surface area contributed by atoms with Crippen molar-refractivity contribution in [2.24, 2.45) is 0 Å². The van der Waals surface area contributed by atoms with Crippen LogP contribution in [-0.4, -0.2) is 52.9 Å². The van der Waals surface area contributed by atoms with Gasteiger partial charge < -0.3 is 20.1 Å². The first-order chi connectivity index (χ1) is 14.1. The van der Waals surface area contributed by atoms with Gasteiger partial charge >= 0.3 is 6.09 Å². The summed E-state index contributed by atoms with van der Waals surface area (Å²) < 4.78 is 38.0. The molecule has 0 aliphatic heterocycles. The smallest absolute Gasteiger partial charge is 0.407 e. The summed E-state index contributed by atoms with van der Waals surface area (Å²) in [5.74, 6) is 0.673. The normalized spacial score (nSPS) is 11.9. The fraction of sp³-hybridized carbons (Fsp3) is 0.667. The first-order valence-electron chi connectivity index (χ1n) is 10.5. The zero-order valence-corrected chi connectivity index (χ0v) is 19.4. The second-order valence-electron chi connectivity index (χ2n) is 7.96. The Kier molecular flexibility index (Phi) is 11.8. The van der Waals surface area contributed by atoms with Gasteiger partial charge in [-0.1, -0.05) is 19.8 Å². The van der Waals surface area contributed by atoms with E-state index in [1.807, 2.05) is 20.8 Å². The van der Waals surface area contributed by atoms with Crippen LogP contribution in [-0.2, 0) is 14.8 Å². The molecule has 0 saturated carbocycles. The molecule has 1 aromatic rings. The molecule has 0 aliphatic rings. The van der Waals surface area contributed by atoms with Crippen molar-refractivity contribution in [1.29, 1.82) is 0 Å². The van der Waals surface area contributed by atoms with Crippen LogP contribution in [0, 0.1) is 0 Å². The van der Waals surface area contributed by atoms with E-state index in [0.29, 0.717) is 38.4 Å². The molecule has 0 aromatic heterocycles. The topological polar surface area (TPSA) is 106 Å². The third kappa shape index (κ3) is 12.0. The van der Waals surface area contributed by atoms with E-state index in [2.05, 4.69) is 22.3 Å². The van der Waals surface area contributed by atoms with E-state index in [-0.39, 0.29) is 11.4 Å². The summed E-state index contributed by atoms with van der Waals surface area (Å²) in [4.78, 5) is 11.7. The second-order valence-corrected chi connectivity index (χ2v) is 9.72. The Bertz CT molecular complexity index is 715. The number of hydrogen-bond acceptors (Lipinski definition) is 6. The minimum Gasteiger partial charge on any atom is -0.494 e. The number of unbranched alkanes of at least 4 members (excludes halogenated alkanes) is 2. The second kappa shape index (κ2) is 13.5. The van der Waals surface area contributed by atoms with Crippen molar-refractivity contribution in [2.45, 2.75) is 63.9 Å². The first-order valence-corrected chi connectivity index (χ1v) is 12.0. The average molecular weight is 444 g/mol. The summed E-state index contributed by atoms with van der Waals surface area (Å²) in [7, 11) is -3.55. The maximum atomic E-state index is 12.3. The lowest BCUT2D eigenvalue weighted by Gasteiger charge is -2.19. The molecule has 8 nitrogen and oxygen atoms in total. The van der Waals surface area contributed by atoms with Gasteiger partial charge in [0, 0.05) is 19.6 Å². The lowest BCUT2D eigenvalue weighted by molar-refractivity contribution is 0.0527. The summed E-state index contributed by atoms with van der Waals surface area (Å²) >= 11 is 0. The molecule has 0 radical (unpaired) electrons. The van der Waals surface area contributed by atoms with Crippen molar-refractivity contribution in [3.63, 3.8) is 0 Å². The molecule has 0 aliphatic carbocycles. The van der Waals surface area contributed by atoms with Gasteiger partial charge in [0.2, 0.25) is 10.0 Å². The molecule has 0 bridgehead atoms. The maximum absolute atomic E-state index is 12.3. The van der Waals surface area contributed by atoms with Gasteiger partial charge in [-0.3, -0.25) is 0 Å². The summed E-state index contributed by atoms with van der Waals surface area (Å²) in [5.41, 5.74) is -0.512. The Hall–Kier alpha value is -1.84. The minimum atomic E-state index is -3.55. The molecule has 0 unspecified atom stereocenters. The Balaban J connectivity index is 2.19. The van der Waals surface area contributed by atoms with E-state index < -0.39 is 21.7 Å². The highest BCUT2D eigenvalue weighted by atomic mass is 32.2. The number of carbonyl (C=O) groups excluding carboxylic acids is 1. The highest BCUT2D eigenvalue weighted by Crippen LogP contribution is 2.16. The quantitative estimate of drug-likeness (QED) is 0.382. The Labute approximate surface area is 181 Å². The first kappa shape index (κ1) is 26.2. The van der Waals surface area contributed by atoms with Crippen LogP contribution >= 0.6 is 0 Å². The Morgan fingerprint density at radius 3 is 2.30 bits per heavy atom. The van der Waals surface area contributed by atoms with E-state index in [1.54, 1.807) is 24.3 Å². The summed E-state index contributed by atoms with van der Waals surface area (Å²) in [6.45, 7) is 10.1. The van der Waals surface area contributed by atoms with Crippen LogP contribution in [0.5, 0.6) is 5.75 Å². The third-order valence-corrected chi connectivity index (χ3v) is 5.42. The molecule has 1 rings (SSSR count). The van der Waals surface area contributed by atoms with Gasteiger partial charge in [-0.15, -0.1) is 0 Å². The molecule has 0 saturated heterocycles. The number of sulfonamides is 1. The van der Waals surface area contributed by atoms with E-state index >= 15 is 0 Å². The van der Waals surface area contributed by atoms with Gasteiger partial charge in [0.1, 0.15) is 11.4 Å². The maximum Gasteiger partial charge on any atom is 0.407 e. The van der Waals surface area contributed by atoms with Gasteiger partial charge in [-0.2, -0.15) is 0 Å². The standard InChI is InChI=1S/C21H37N3O5S/c1-5-6-7-17-28-18-9-11-19(12-10-18)30(26,27)24-16-15-22-13-8-14-23-20(25)29-21(2,3)4/h9-12,22,24H,5-8,13-17H2,1-4H3,(H,23,25). The van der Waals surface area contributed by atoms with E-state index in [4.69, 9.17) is 9.47 Å². The lowest BCUT2D eigenvalue weighted by Crippen LogP contribution is -2.35. The average Bonchev–Trinajstić information content (AvgIpc) is 2.66. The number of benzene rings is 1. The third-order valence-electron chi connectivity index (χ3n) is 3.94. The van der Waals surface area contributed by atoms with Crippen molar-refractivity contribution >= 4 is 16.1 Å². The summed E-state index contributed by atoms with van der Waals surface area (Å²) in [6, 6.07) is 6.45. The van der Waals surface area contributed by atoms with Crippen LogP contribution in [0.3, 0.4) is 0 Å². The lowest BCUT2D eigenvalue weighted by atomic mass is 10.2. The molecule has 0 spiro atoms. The molecule has 1 aromatic carbocycles. The summed E-state index contributed by atoms with van der Waals surface area (Å²) in [6.07, 6.45) is 3.51.